The molecule has 0 saturated carbocycles. The normalized spacial score (nSPS) is 31.9. The average molecular weight is 235 g/mol. The minimum atomic E-state index is -0.159. The van der Waals surface area contributed by atoms with Gasteiger partial charge in [0, 0.05) is 12.1 Å². The molecule has 0 amide bonds. The monoisotopic (exact) mass is 235 g/mol. The number of fused-ring (bicyclic) bond motifs is 2. The van der Waals surface area contributed by atoms with Gasteiger partial charge in [-0.05, 0) is 25.7 Å². The topological polar surface area (TPSA) is 69.5 Å². The van der Waals surface area contributed by atoms with Crippen molar-refractivity contribution in [1.82, 2.24) is 9.97 Å². The van der Waals surface area contributed by atoms with Crippen molar-refractivity contribution in [1.29, 1.82) is 0 Å². The van der Waals surface area contributed by atoms with Crippen LogP contribution in [0.2, 0.25) is 0 Å². The predicted molar refractivity (Wildman–Crippen MR) is 62.5 cm³/mol. The highest BCUT2D eigenvalue weighted by Crippen LogP contribution is 2.38. The van der Waals surface area contributed by atoms with Crippen LogP contribution >= 0.6 is 0 Å². The van der Waals surface area contributed by atoms with Crippen molar-refractivity contribution in [2.45, 2.75) is 50.5 Å². The molecule has 1 aromatic rings. The summed E-state index contributed by atoms with van der Waals surface area (Å²) in [6.07, 6.45) is 7.12. The molecule has 0 aromatic carbocycles. The number of aromatic nitrogens is 2. The van der Waals surface area contributed by atoms with Crippen molar-refractivity contribution in [3.63, 3.8) is 0 Å². The van der Waals surface area contributed by atoms with E-state index in [1.807, 2.05) is 0 Å². The Bertz CT molecular complexity index is 381. The van der Waals surface area contributed by atoms with E-state index in [1.165, 1.54) is 0 Å². The molecule has 0 spiro atoms. The van der Waals surface area contributed by atoms with Gasteiger partial charge in [-0.2, -0.15) is 0 Å². The van der Waals surface area contributed by atoms with Crippen molar-refractivity contribution < 1.29 is 10.2 Å². The molecule has 17 heavy (non-hydrogen) atoms. The van der Waals surface area contributed by atoms with Gasteiger partial charge in [-0.25, -0.2) is 4.98 Å². The molecule has 1 aromatic heterocycles. The quantitative estimate of drug-likeness (QED) is 0.779. The summed E-state index contributed by atoms with van der Waals surface area (Å²) in [4.78, 5) is 10.8. The molecule has 2 aliphatic heterocycles. The molecule has 2 aliphatic rings. The molecule has 2 atom stereocenters. The summed E-state index contributed by atoms with van der Waals surface area (Å²) in [6, 6.07) is 0.802. The molecule has 3 heterocycles. The zero-order valence-corrected chi connectivity index (χ0v) is 9.66. The van der Waals surface area contributed by atoms with Gasteiger partial charge in [0.15, 0.2) is 0 Å². The van der Waals surface area contributed by atoms with E-state index in [0.717, 1.165) is 31.5 Å². The largest absolute Gasteiger partial charge is 0.393 e. The van der Waals surface area contributed by atoms with Gasteiger partial charge in [0.1, 0.15) is 5.82 Å². The molecule has 2 fully saturated rings. The van der Waals surface area contributed by atoms with E-state index in [0.29, 0.717) is 17.8 Å². The lowest BCUT2D eigenvalue weighted by Gasteiger charge is -2.37. The van der Waals surface area contributed by atoms with Gasteiger partial charge in [0.05, 0.1) is 30.8 Å². The van der Waals surface area contributed by atoms with Crippen LogP contribution < -0.4 is 4.90 Å². The molecule has 2 unspecified atom stereocenters. The number of anilines is 1. The third-order valence-corrected chi connectivity index (χ3v) is 3.83. The lowest BCUT2D eigenvalue weighted by Crippen LogP contribution is -2.45. The summed E-state index contributed by atoms with van der Waals surface area (Å²) >= 11 is 0. The van der Waals surface area contributed by atoms with E-state index in [-0.39, 0.29) is 12.7 Å². The van der Waals surface area contributed by atoms with Crippen LogP contribution in [0.1, 0.15) is 31.4 Å². The van der Waals surface area contributed by atoms with E-state index in [2.05, 4.69) is 14.9 Å². The molecule has 2 bridgehead atoms. The van der Waals surface area contributed by atoms with E-state index in [1.54, 1.807) is 12.4 Å². The highest BCUT2D eigenvalue weighted by atomic mass is 16.3. The third-order valence-electron chi connectivity index (χ3n) is 3.83. The Labute approximate surface area is 100 Å². The van der Waals surface area contributed by atoms with E-state index in [9.17, 15) is 5.11 Å². The zero-order chi connectivity index (χ0) is 11.8. The molecule has 2 saturated heterocycles. The number of aliphatic hydroxyl groups excluding tert-OH is 2. The summed E-state index contributed by atoms with van der Waals surface area (Å²) < 4.78 is 0. The Hall–Kier alpha value is -1.20. The first-order valence-corrected chi connectivity index (χ1v) is 6.16. The second kappa shape index (κ2) is 4.23. The predicted octanol–water partition coefficient (Wildman–Crippen LogP) is 0.461. The van der Waals surface area contributed by atoms with Crippen LogP contribution in [0, 0.1) is 0 Å². The van der Waals surface area contributed by atoms with Gasteiger partial charge in [-0.15, -0.1) is 0 Å². The van der Waals surface area contributed by atoms with Gasteiger partial charge in [-0.1, -0.05) is 0 Å². The fraction of sp³-hybridized carbons (Fsp3) is 0.667. The summed E-state index contributed by atoms with van der Waals surface area (Å²) in [5, 5.41) is 18.7. The number of aliphatic hydroxyl groups is 2. The van der Waals surface area contributed by atoms with Crippen molar-refractivity contribution in [2.75, 3.05) is 4.90 Å². The highest BCUT2D eigenvalue weighted by molar-refractivity contribution is 5.42. The summed E-state index contributed by atoms with van der Waals surface area (Å²) in [6.45, 7) is -0.0706. The molecule has 0 radical (unpaired) electrons. The Morgan fingerprint density at radius 3 is 2.41 bits per heavy atom. The second-order valence-electron chi connectivity index (χ2n) is 4.94. The first-order valence-electron chi connectivity index (χ1n) is 6.16. The van der Waals surface area contributed by atoms with Crippen molar-refractivity contribution in [3.05, 3.63) is 18.1 Å². The fourth-order valence-corrected chi connectivity index (χ4v) is 3.09. The molecule has 3 rings (SSSR count). The lowest BCUT2D eigenvalue weighted by atomic mass is 10.0. The van der Waals surface area contributed by atoms with E-state index >= 15 is 0 Å². The first kappa shape index (κ1) is 10.9. The molecule has 5 heteroatoms. The van der Waals surface area contributed by atoms with Crippen molar-refractivity contribution in [3.8, 4) is 0 Å². The molecular formula is C12H17N3O2. The lowest BCUT2D eigenvalue weighted by molar-refractivity contribution is 0.126. The maximum absolute atomic E-state index is 9.74. The van der Waals surface area contributed by atoms with Crippen LogP contribution in [0.25, 0.3) is 0 Å². The zero-order valence-electron chi connectivity index (χ0n) is 9.66. The summed E-state index contributed by atoms with van der Waals surface area (Å²) in [7, 11) is 0. The molecule has 2 N–H and O–H groups in total. The van der Waals surface area contributed by atoms with E-state index in [4.69, 9.17) is 5.11 Å². The van der Waals surface area contributed by atoms with Gasteiger partial charge in [-0.3, -0.25) is 4.98 Å². The van der Waals surface area contributed by atoms with Crippen molar-refractivity contribution >= 4 is 5.82 Å². The van der Waals surface area contributed by atoms with Crippen molar-refractivity contribution in [2.24, 2.45) is 0 Å². The average Bonchev–Trinajstić information content (AvgIpc) is 2.62. The third kappa shape index (κ3) is 1.89. The Kier molecular flexibility index (Phi) is 2.72. The second-order valence-corrected chi connectivity index (χ2v) is 4.94. The minimum Gasteiger partial charge on any atom is -0.393 e. The number of piperidine rings is 1. The van der Waals surface area contributed by atoms with Gasteiger partial charge in [0.2, 0.25) is 0 Å². The van der Waals surface area contributed by atoms with Crippen LogP contribution in [-0.4, -0.2) is 38.4 Å². The summed E-state index contributed by atoms with van der Waals surface area (Å²) in [5.74, 6) is 0.876. The Morgan fingerprint density at radius 1 is 1.18 bits per heavy atom. The van der Waals surface area contributed by atoms with Crippen LogP contribution in [0.4, 0.5) is 5.82 Å². The van der Waals surface area contributed by atoms with Crippen LogP contribution in [0.3, 0.4) is 0 Å². The minimum absolute atomic E-state index is 0.0706. The molecule has 0 aliphatic carbocycles. The number of hydrogen-bond donors (Lipinski definition) is 2. The number of nitrogens with zero attached hydrogens (tertiary/aromatic N) is 3. The van der Waals surface area contributed by atoms with Crippen LogP contribution in [0.15, 0.2) is 12.4 Å². The number of hydrogen-bond acceptors (Lipinski definition) is 5. The Balaban J connectivity index is 1.84. The standard InChI is InChI=1S/C12H17N3O2/c16-7-8-5-14-12(6-13-8)15-9-1-2-10(15)4-11(17)3-9/h5-6,9-11,16-17H,1-4,7H2. The van der Waals surface area contributed by atoms with Gasteiger partial charge < -0.3 is 15.1 Å². The number of rotatable bonds is 2. The van der Waals surface area contributed by atoms with Crippen LogP contribution in [0.5, 0.6) is 0 Å². The van der Waals surface area contributed by atoms with Gasteiger partial charge in [0.25, 0.3) is 0 Å². The highest BCUT2D eigenvalue weighted by Gasteiger charge is 2.40. The fourth-order valence-electron chi connectivity index (χ4n) is 3.09. The maximum atomic E-state index is 9.74. The van der Waals surface area contributed by atoms with E-state index < -0.39 is 0 Å². The molecular weight excluding hydrogens is 218 g/mol. The Morgan fingerprint density at radius 2 is 1.88 bits per heavy atom. The smallest absolute Gasteiger partial charge is 0.147 e. The van der Waals surface area contributed by atoms with Crippen LogP contribution in [-0.2, 0) is 6.61 Å². The molecule has 92 valence electrons. The van der Waals surface area contributed by atoms with Gasteiger partial charge >= 0.3 is 0 Å². The first-order chi connectivity index (χ1) is 8.28. The summed E-state index contributed by atoms with van der Waals surface area (Å²) in [5.41, 5.74) is 0.596. The SMILES string of the molecule is OCc1cnc(N2C3CCC2CC(O)C3)cn1. The molecule has 5 nitrogen and oxygen atoms in total. The maximum Gasteiger partial charge on any atom is 0.147 e.